The zero-order valence-electron chi connectivity index (χ0n) is 13.9. The number of rotatable bonds is 5. The highest BCUT2D eigenvalue weighted by Gasteiger charge is 2.21. The van der Waals surface area contributed by atoms with E-state index in [0.29, 0.717) is 11.8 Å². The van der Waals surface area contributed by atoms with Crippen molar-refractivity contribution in [1.29, 1.82) is 0 Å². The fourth-order valence-corrected chi connectivity index (χ4v) is 3.25. The average Bonchev–Trinajstić information content (AvgIpc) is 3.03. The summed E-state index contributed by atoms with van der Waals surface area (Å²) in [6.07, 6.45) is 8.45. The Morgan fingerprint density at radius 1 is 1.14 bits per heavy atom. The van der Waals surface area contributed by atoms with E-state index in [-0.39, 0.29) is 0 Å². The van der Waals surface area contributed by atoms with Gasteiger partial charge in [0.15, 0.2) is 12.8 Å². The number of hydrazone groups is 1. The third-order valence-corrected chi connectivity index (χ3v) is 4.79. The third kappa shape index (κ3) is 3.83. The molecule has 2 aliphatic rings. The Balaban J connectivity index is 1.55. The molecule has 0 N–H and O–H groups in total. The van der Waals surface area contributed by atoms with Crippen LogP contribution in [-0.4, -0.2) is 48.2 Å². The highest BCUT2D eigenvalue weighted by atomic mass is 15.4. The minimum atomic E-state index is 0.336. The summed E-state index contributed by atoms with van der Waals surface area (Å²) in [7, 11) is 0. The molecular formula is C19H28N3+. The maximum Gasteiger partial charge on any atom is 0.186 e. The van der Waals surface area contributed by atoms with E-state index in [0.717, 1.165) is 13.1 Å². The molecule has 0 aliphatic carbocycles. The molecule has 2 heterocycles. The highest BCUT2D eigenvalue weighted by molar-refractivity contribution is 5.90. The predicted molar refractivity (Wildman–Crippen MR) is 93.2 cm³/mol. The molecule has 0 radical (unpaired) electrons. The van der Waals surface area contributed by atoms with Crippen molar-refractivity contribution >= 4 is 12.4 Å². The number of piperidine rings is 1. The molecule has 1 aromatic carbocycles. The molecule has 1 unspecified atom stereocenters. The van der Waals surface area contributed by atoms with Gasteiger partial charge in [-0.2, -0.15) is 0 Å². The summed E-state index contributed by atoms with van der Waals surface area (Å²) >= 11 is 0. The van der Waals surface area contributed by atoms with Crippen LogP contribution >= 0.6 is 0 Å². The summed E-state index contributed by atoms with van der Waals surface area (Å²) in [5.74, 6) is 0.930. The summed E-state index contributed by atoms with van der Waals surface area (Å²) in [5.41, 5.74) is 2.74. The van der Waals surface area contributed by atoms with Gasteiger partial charge in [-0.25, -0.2) is 0 Å². The fraction of sp³-hybridized carbons (Fsp3) is 0.579. The molecule has 0 aromatic heterocycles. The molecule has 1 aromatic rings. The molecule has 118 valence electrons. The van der Waals surface area contributed by atoms with E-state index in [1.165, 1.54) is 43.5 Å². The number of hydrogen-bond acceptors (Lipinski definition) is 2. The van der Waals surface area contributed by atoms with Crippen molar-refractivity contribution in [2.75, 3.05) is 26.2 Å². The van der Waals surface area contributed by atoms with Crippen LogP contribution in [0.5, 0.6) is 0 Å². The van der Waals surface area contributed by atoms with Crippen LogP contribution in [0.25, 0.3) is 0 Å². The maximum atomic E-state index is 4.56. The minimum Gasteiger partial charge on any atom is -0.297 e. The Kier molecular flexibility index (Phi) is 5.04. The SMILES string of the molecule is CC(C)c1ccc(C2C=N[N+](CCN3CCCCC3)=C2)cc1. The molecular weight excluding hydrogens is 270 g/mol. The monoisotopic (exact) mass is 298 g/mol. The fourth-order valence-electron chi connectivity index (χ4n) is 3.25. The first-order valence-corrected chi connectivity index (χ1v) is 8.70. The van der Waals surface area contributed by atoms with Gasteiger partial charge in [0.2, 0.25) is 0 Å². The lowest BCUT2D eigenvalue weighted by molar-refractivity contribution is -0.526. The first kappa shape index (κ1) is 15.4. The topological polar surface area (TPSA) is 18.6 Å². The van der Waals surface area contributed by atoms with Crippen LogP contribution in [-0.2, 0) is 0 Å². The molecule has 3 rings (SSSR count). The smallest absolute Gasteiger partial charge is 0.186 e. The lowest BCUT2D eigenvalue weighted by Crippen LogP contribution is -2.34. The second-order valence-electron chi connectivity index (χ2n) is 6.83. The van der Waals surface area contributed by atoms with E-state index in [1.54, 1.807) is 0 Å². The molecule has 0 spiro atoms. The third-order valence-electron chi connectivity index (χ3n) is 4.79. The van der Waals surface area contributed by atoms with Crippen molar-refractivity contribution in [1.82, 2.24) is 4.90 Å². The van der Waals surface area contributed by atoms with E-state index in [4.69, 9.17) is 0 Å². The second-order valence-corrected chi connectivity index (χ2v) is 6.83. The van der Waals surface area contributed by atoms with E-state index in [1.807, 2.05) is 0 Å². The molecule has 0 bridgehead atoms. The molecule has 1 saturated heterocycles. The molecule has 2 aliphatic heterocycles. The van der Waals surface area contributed by atoms with Gasteiger partial charge in [0.1, 0.15) is 5.92 Å². The first-order valence-electron chi connectivity index (χ1n) is 8.70. The Morgan fingerprint density at radius 3 is 2.55 bits per heavy atom. The number of benzene rings is 1. The van der Waals surface area contributed by atoms with Crippen LogP contribution in [0.3, 0.4) is 0 Å². The molecule has 1 atom stereocenters. The average molecular weight is 298 g/mol. The van der Waals surface area contributed by atoms with Crippen molar-refractivity contribution in [3.8, 4) is 0 Å². The van der Waals surface area contributed by atoms with Crippen LogP contribution < -0.4 is 0 Å². The lowest BCUT2D eigenvalue weighted by atomic mass is 9.97. The van der Waals surface area contributed by atoms with Gasteiger partial charge in [0, 0.05) is 0 Å². The lowest BCUT2D eigenvalue weighted by Gasteiger charge is -2.24. The van der Waals surface area contributed by atoms with E-state index >= 15 is 0 Å². The molecule has 0 amide bonds. The molecule has 0 saturated carbocycles. The normalized spacial score (nSPS) is 22.3. The molecule has 3 nitrogen and oxygen atoms in total. The maximum absolute atomic E-state index is 4.56. The van der Waals surface area contributed by atoms with Gasteiger partial charge >= 0.3 is 0 Å². The van der Waals surface area contributed by atoms with E-state index < -0.39 is 0 Å². The summed E-state index contributed by atoms with van der Waals surface area (Å²) in [4.78, 5) is 2.57. The van der Waals surface area contributed by atoms with Crippen molar-refractivity contribution < 1.29 is 4.68 Å². The molecule has 3 heteroatoms. The minimum absolute atomic E-state index is 0.336. The zero-order chi connectivity index (χ0) is 15.4. The van der Waals surface area contributed by atoms with Crippen LogP contribution in [0.15, 0.2) is 29.4 Å². The summed E-state index contributed by atoms with van der Waals surface area (Å²) < 4.78 is 2.12. The van der Waals surface area contributed by atoms with Gasteiger partial charge in [0.25, 0.3) is 0 Å². The Hall–Kier alpha value is -1.48. The van der Waals surface area contributed by atoms with Gasteiger partial charge in [-0.3, -0.25) is 4.90 Å². The van der Waals surface area contributed by atoms with Gasteiger partial charge < -0.3 is 0 Å². The number of hydrogen-bond donors (Lipinski definition) is 0. The summed E-state index contributed by atoms with van der Waals surface area (Å²) in [6, 6.07) is 8.99. The van der Waals surface area contributed by atoms with Crippen molar-refractivity contribution in [2.45, 2.75) is 44.9 Å². The van der Waals surface area contributed by atoms with Gasteiger partial charge in [-0.15, -0.1) is 0 Å². The Morgan fingerprint density at radius 2 is 1.86 bits per heavy atom. The van der Waals surface area contributed by atoms with Gasteiger partial charge in [-0.1, -0.05) is 49.2 Å². The van der Waals surface area contributed by atoms with Crippen molar-refractivity contribution in [3.63, 3.8) is 0 Å². The Labute approximate surface area is 134 Å². The summed E-state index contributed by atoms with van der Waals surface area (Å²) in [6.45, 7) is 9.14. The van der Waals surface area contributed by atoms with E-state index in [9.17, 15) is 0 Å². The zero-order valence-corrected chi connectivity index (χ0v) is 13.9. The van der Waals surface area contributed by atoms with Gasteiger partial charge in [0.05, 0.1) is 12.8 Å². The quantitative estimate of drug-likeness (QED) is 0.762. The second kappa shape index (κ2) is 7.19. The predicted octanol–water partition coefficient (Wildman–Crippen LogP) is 3.46. The number of nitrogens with zero attached hydrogens (tertiary/aromatic N) is 3. The highest BCUT2D eigenvalue weighted by Crippen LogP contribution is 2.20. The molecule has 1 fully saturated rings. The number of likely N-dealkylation sites (tertiary alicyclic amines) is 1. The van der Waals surface area contributed by atoms with Crippen LogP contribution in [0.1, 0.15) is 56.1 Å². The van der Waals surface area contributed by atoms with Crippen molar-refractivity contribution in [2.24, 2.45) is 5.10 Å². The van der Waals surface area contributed by atoms with Crippen LogP contribution in [0.4, 0.5) is 0 Å². The van der Waals surface area contributed by atoms with Crippen molar-refractivity contribution in [3.05, 3.63) is 35.4 Å². The standard InChI is InChI=1S/C19H28N3/c1-16(2)17-6-8-18(9-7-17)19-14-20-22(15-19)13-12-21-10-4-3-5-11-21/h6-9,14-16,19H,3-5,10-13H2,1-2H3/q+1. The summed E-state index contributed by atoms with van der Waals surface area (Å²) in [5, 5.41) is 4.56. The van der Waals surface area contributed by atoms with E-state index in [2.05, 4.69) is 65.2 Å². The Bertz CT molecular complexity index is 536. The van der Waals surface area contributed by atoms with Crippen LogP contribution in [0.2, 0.25) is 0 Å². The molecule has 22 heavy (non-hydrogen) atoms. The van der Waals surface area contributed by atoms with Crippen LogP contribution in [0, 0.1) is 0 Å². The first-order chi connectivity index (χ1) is 10.7. The largest absolute Gasteiger partial charge is 0.297 e. The van der Waals surface area contributed by atoms with Gasteiger partial charge in [-0.05, 0) is 48.1 Å².